The number of carbonyl (C=O) groups excluding carboxylic acids is 1. The Bertz CT molecular complexity index is 533. The molecule has 1 aliphatic heterocycles. The second-order valence-electron chi connectivity index (χ2n) is 6.51. The van der Waals surface area contributed by atoms with E-state index < -0.39 is 35.7 Å². The number of ether oxygens (including phenoxy) is 1. The van der Waals surface area contributed by atoms with Gasteiger partial charge in [0.25, 0.3) is 0 Å². The minimum absolute atomic E-state index is 0.173. The van der Waals surface area contributed by atoms with Crippen LogP contribution in [0.25, 0.3) is 0 Å². The average Bonchev–Trinajstić information content (AvgIpc) is 2.83. The topological polar surface area (TPSA) is 46.5 Å². The highest BCUT2D eigenvalue weighted by Crippen LogP contribution is 2.48. The van der Waals surface area contributed by atoms with Crippen molar-refractivity contribution in [1.82, 2.24) is 0 Å². The fraction of sp³-hybridized carbons (Fsp3) is 0.667. The van der Waals surface area contributed by atoms with Crippen LogP contribution in [0.3, 0.4) is 0 Å². The first-order valence-corrected chi connectivity index (χ1v) is 6.99. The maximum absolute atomic E-state index is 13.8. The Morgan fingerprint density at radius 1 is 1.41 bits per heavy atom. The van der Waals surface area contributed by atoms with Gasteiger partial charge in [0, 0.05) is 18.8 Å². The number of rotatable bonds is 4. The monoisotopic (exact) mass is 322 g/mol. The highest BCUT2D eigenvalue weighted by Gasteiger charge is 2.57. The van der Waals surface area contributed by atoms with Crippen LogP contribution in [0, 0.1) is 11.3 Å². The van der Waals surface area contributed by atoms with E-state index in [1.165, 1.54) is 19.9 Å². The first-order valence-electron chi connectivity index (χ1n) is 6.99. The average molecular weight is 322 g/mol. The largest absolute Gasteiger partial charge is 0.497 e. The fourth-order valence-corrected chi connectivity index (χ4v) is 3.08. The summed E-state index contributed by atoms with van der Waals surface area (Å²) in [5.74, 6) is -0.139. The van der Waals surface area contributed by atoms with E-state index >= 15 is 0 Å². The molecule has 0 aromatic rings. The Morgan fingerprint density at radius 2 is 2.05 bits per heavy atom. The summed E-state index contributed by atoms with van der Waals surface area (Å²) in [4.78, 5) is 10.8. The second-order valence-corrected chi connectivity index (χ2v) is 6.51. The molecule has 0 aromatic heterocycles. The molecule has 1 heterocycles. The lowest BCUT2D eigenvalue weighted by Gasteiger charge is -2.36. The number of carbonyl (C=O) groups is 1. The van der Waals surface area contributed by atoms with Crippen LogP contribution >= 0.6 is 0 Å². The van der Waals surface area contributed by atoms with Crippen LogP contribution < -0.4 is 0 Å². The molecule has 2 rings (SSSR count). The summed E-state index contributed by atoms with van der Waals surface area (Å²) in [6.07, 6.45) is -4.55. The van der Waals surface area contributed by atoms with Gasteiger partial charge in [-0.3, -0.25) is 4.79 Å². The third kappa shape index (κ3) is 2.91. The van der Waals surface area contributed by atoms with Crippen molar-refractivity contribution in [2.75, 3.05) is 6.61 Å². The zero-order valence-corrected chi connectivity index (χ0v) is 12.3. The highest BCUT2D eigenvalue weighted by molar-refractivity contribution is 5.64. The number of hydrogen-bond acceptors (Lipinski definition) is 3. The Balaban J connectivity index is 2.39. The summed E-state index contributed by atoms with van der Waals surface area (Å²) in [6, 6.07) is 0. The Kier molecular flexibility index (Phi) is 4.14. The molecule has 2 aliphatic rings. The number of allylic oxidation sites excluding steroid dienone is 4. The van der Waals surface area contributed by atoms with Crippen molar-refractivity contribution in [2.45, 2.75) is 44.9 Å². The molecule has 1 aliphatic carbocycles. The SMILES string of the molecule is CC(C)(CC(O)(C=O)C(F)(F)F)C1=C2OCCC2CC(F)=C1. The van der Waals surface area contributed by atoms with Crippen molar-refractivity contribution in [3.8, 4) is 0 Å². The second kappa shape index (κ2) is 5.37. The normalized spacial score (nSPS) is 25.2. The lowest BCUT2D eigenvalue weighted by Crippen LogP contribution is -2.50. The number of aliphatic hydroxyl groups is 1. The van der Waals surface area contributed by atoms with Crippen LogP contribution in [-0.2, 0) is 9.53 Å². The Morgan fingerprint density at radius 3 is 2.59 bits per heavy atom. The molecule has 124 valence electrons. The highest BCUT2D eigenvalue weighted by atomic mass is 19.4. The van der Waals surface area contributed by atoms with Gasteiger partial charge in [0.15, 0.2) is 6.29 Å². The van der Waals surface area contributed by atoms with Crippen LogP contribution in [0.4, 0.5) is 17.6 Å². The molecular weight excluding hydrogens is 304 g/mol. The maximum Gasteiger partial charge on any atom is 0.424 e. The summed E-state index contributed by atoms with van der Waals surface area (Å²) in [6.45, 7) is 3.25. The van der Waals surface area contributed by atoms with Gasteiger partial charge in [0.2, 0.25) is 5.60 Å². The van der Waals surface area contributed by atoms with Gasteiger partial charge in [-0.2, -0.15) is 13.2 Å². The van der Waals surface area contributed by atoms with E-state index in [2.05, 4.69) is 0 Å². The third-order valence-corrected chi connectivity index (χ3v) is 4.23. The third-order valence-electron chi connectivity index (χ3n) is 4.23. The van der Waals surface area contributed by atoms with Crippen molar-refractivity contribution in [3.63, 3.8) is 0 Å². The predicted molar refractivity (Wildman–Crippen MR) is 70.4 cm³/mol. The Labute approximate surface area is 125 Å². The zero-order chi connectivity index (χ0) is 16.8. The standard InChI is InChI=1S/C15H18F4O3/c1-13(2,7-14(21,8-20)15(17,18)19)11-6-10(16)5-9-3-4-22-12(9)11/h6,8-9,21H,3-5,7H2,1-2H3. The van der Waals surface area contributed by atoms with Crippen molar-refractivity contribution in [3.05, 3.63) is 23.2 Å². The molecule has 2 atom stereocenters. The summed E-state index contributed by atoms with van der Waals surface area (Å²) >= 11 is 0. The molecule has 0 radical (unpaired) electrons. The zero-order valence-electron chi connectivity index (χ0n) is 12.3. The molecule has 2 unspecified atom stereocenters. The summed E-state index contributed by atoms with van der Waals surface area (Å²) in [5, 5.41) is 9.66. The number of hydrogen-bond donors (Lipinski definition) is 1. The molecule has 0 spiro atoms. The minimum Gasteiger partial charge on any atom is -0.497 e. The van der Waals surface area contributed by atoms with Crippen LogP contribution in [0.1, 0.15) is 33.1 Å². The summed E-state index contributed by atoms with van der Waals surface area (Å²) < 4.78 is 58.0. The van der Waals surface area contributed by atoms with Gasteiger partial charge in [0.1, 0.15) is 11.6 Å². The van der Waals surface area contributed by atoms with E-state index in [9.17, 15) is 27.5 Å². The number of halogens is 4. The fourth-order valence-electron chi connectivity index (χ4n) is 3.08. The molecule has 0 amide bonds. The van der Waals surface area contributed by atoms with Crippen molar-refractivity contribution in [1.29, 1.82) is 0 Å². The van der Waals surface area contributed by atoms with E-state index in [1.54, 1.807) is 0 Å². The molecule has 0 bridgehead atoms. The van der Waals surface area contributed by atoms with E-state index in [0.29, 0.717) is 18.8 Å². The van der Waals surface area contributed by atoms with Gasteiger partial charge < -0.3 is 9.84 Å². The van der Waals surface area contributed by atoms with Gasteiger partial charge in [-0.25, -0.2) is 4.39 Å². The maximum atomic E-state index is 13.8. The first kappa shape index (κ1) is 17.0. The molecule has 1 fully saturated rings. The smallest absolute Gasteiger partial charge is 0.424 e. The van der Waals surface area contributed by atoms with Crippen LogP contribution in [-0.4, -0.2) is 29.8 Å². The lowest BCUT2D eigenvalue weighted by molar-refractivity contribution is -0.251. The van der Waals surface area contributed by atoms with Crippen LogP contribution in [0.15, 0.2) is 23.2 Å². The van der Waals surface area contributed by atoms with E-state index in [1.807, 2.05) is 0 Å². The van der Waals surface area contributed by atoms with Gasteiger partial charge in [-0.05, 0) is 23.5 Å². The number of aldehydes is 1. The molecule has 0 aromatic carbocycles. The van der Waals surface area contributed by atoms with Crippen LogP contribution in [0.2, 0.25) is 0 Å². The number of alkyl halides is 3. The van der Waals surface area contributed by atoms with Crippen molar-refractivity contribution >= 4 is 6.29 Å². The molecule has 7 heteroatoms. The van der Waals surface area contributed by atoms with E-state index in [0.717, 1.165) is 0 Å². The van der Waals surface area contributed by atoms with Gasteiger partial charge >= 0.3 is 6.18 Å². The molecular formula is C15H18F4O3. The van der Waals surface area contributed by atoms with Gasteiger partial charge in [-0.1, -0.05) is 13.8 Å². The molecule has 1 N–H and O–H groups in total. The molecule has 22 heavy (non-hydrogen) atoms. The lowest BCUT2D eigenvalue weighted by atomic mass is 9.71. The minimum atomic E-state index is -5.09. The van der Waals surface area contributed by atoms with Gasteiger partial charge in [-0.15, -0.1) is 0 Å². The van der Waals surface area contributed by atoms with E-state index in [4.69, 9.17) is 4.74 Å². The van der Waals surface area contributed by atoms with Crippen molar-refractivity contribution < 1.29 is 32.2 Å². The Hall–Kier alpha value is -1.37. The summed E-state index contributed by atoms with van der Waals surface area (Å²) in [5.41, 5.74) is -4.47. The molecule has 0 saturated carbocycles. The molecule has 3 nitrogen and oxygen atoms in total. The first-order chi connectivity index (χ1) is 10.00. The van der Waals surface area contributed by atoms with E-state index in [-0.39, 0.29) is 17.9 Å². The predicted octanol–water partition coefficient (Wildman–Crippen LogP) is 3.44. The molecule has 1 saturated heterocycles. The van der Waals surface area contributed by atoms with Gasteiger partial charge in [0.05, 0.1) is 6.61 Å². The van der Waals surface area contributed by atoms with Crippen molar-refractivity contribution in [2.24, 2.45) is 11.3 Å². The summed E-state index contributed by atoms with van der Waals surface area (Å²) in [7, 11) is 0. The quantitative estimate of drug-likeness (QED) is 0.637. The number of fused-ring (bicyclic) bond motifs is 1. The van der Waals surface area contributed by atoms with Crippen LogP contribution in [0.5, 0.6) is 0 Å².